The Morgan fingerprint density at radius 3 is 2.86 bits per heavy atom. The minimum absolute atomic E-state index is 0.111. The molecule has 0 aromatic heterocycles. The van der Waals surface area contributed by atoms with Crippen molar-refractivity contribution >= 4 is 12.2 Å². The summed E-state index contributed by atoms with van der Waals surface area (Å²) in [5.74, 6) is -0.366. The summed E-state index contributed by atoms with van der Waals surface area (Å²) >= 11 is 0. The molecule has 38 valence electrons. The molecule has 0 N–H and O–H groups in total. The summed E-state index contributed by atoms with van der Waals surface area (Å²) in [5, 5.41) is 10.5. The molecule has 0 atom stereocenters. The highest BCUT2D eigenvalue weighted by atomic mass is 16.5. The minimum atomic E-state index is -0.366. The lowest BCUT2D eigenvalue weighted by Gasteiger charge is -2.15. The van der Waals surface area contributed by atoms with Crippen molar-refractivity contribution < 1.29 is 4.79 Å². The predicted molar refractivity (Wildman–Crippen MR) is 23.6 cm³/mol. The standard InChI is InChI=1S/C3H3N2O2/c6-3-1-5(7)2-4-3/h2H,1H2/q-1. The maximum Gasteiger partial charge on any atom is 0.265 e. The first-order valence-corrected chi connectivity index (χ1v) is 1.80. The number of aliphatic imine (C=N–C) groups is 1. The fourth-order valence-corrected chi connectivity index (χ4v) is 0.344. The zero-order chi connectivity index (χ0) is 5.28. The van der Waals surface area contributed by atoms with Gasteiger partial charge in [0, 0.05) is 0 Å². The van der Waals surface area contributed by atoms with Gasteiger partial charge in [0.15, 0.2) is 0 Å². The van der Waals surface area contributed by atoms with Crippen molar-refractivity contribution in [1.82, 2.24) is 5.06 Å². The number of carbonyl (C=O) groups is 1. The van der Waals surface area contributed by atoms with E-state index in [2.05, 4.69) is 4.99 Å². The quantitative estimate of drug-likeness (QED) is 0.405. The minimum Gasteiger partial charge on any atom is -0.757 e. The molecule has 1 amide bonds. The Morgan fingerprint density at radius 1 is 2.00 bits per heavy atom. The lowest BCUT2D eigenvalue weighted by molar-refractivity contribution is -0.116. The Kier molecular flexibility index (Phi) is 0.796. The van der Waals surface area contributed by atoms with Gasteiger partial charge in [0.2, 0.25) is 0 Å². The third kappa shape index (κ3) is 0.747. The van der Waals surface area contributed by atoms with Crippen LogP contribution in [0, 0.1) is 5.21 Å². The second kappa shape index (κ2) is 1.31. The molecular weight excluding hydrogens is 96.0 g/mol. The lowest BCUT2D eigenvalue weighted by atomic mass is 10.7. The van der Waals surface area contributed by atoms with E-state index < -0.39 is 0 Å². The molecule has 1 heterocycles. The molecule has 7 heavy (non-hydrogen) atoms. The molecular formula is C3H3N2O2-. The summed E-state index contributed by atoms with van der Waals surface area (Å²) in [5.41, 5.74) is 0. The van der Waals surface area contributed by atoms with Crippen LogP contribution in [0.3, 0.4) is 0 Å². The highest BCUT2D eigenvalue weighted by Crippen LogP contribution is 1.89. The molecule has 0 saturated heterocycles. The first-order chi connectivity index (χ1) is 3.29. The smallest absolute Gasteiger partial charge is 0.265 e. The fourth-order valence-electron chi connectivity index (χ4n) is 0.344. The number of rotatable bonds is 0. The van der Waals surface area contributed by atoms with E-state index in [9.17, 15) is 10.0 Å². The maximum absolute atomic E-state index is 10.0. The molecule has 4 nitrogen and oxygen atoms in total. The van der Waals surface area contributed by atoms with Crippen LogP contribution in [0.15, 0.2) is 4.99 Å². The lowest BCUT2D eigenvalue weighted by Crippen LogP contribution is -2.12. The Morgan fingerprint density at radius 2 is 2.71 bits per heavy atom. The van der Waals surface area contributed by atoms with Crippen LogP contribution in [0.1, 0.15) is 0 Å². The molecule has 0 aromatic rings. The third-order valence-electron chi connectivity index (χ3n) is 0.622. The van der Waals surface area contributed by atoms with Crippen molar-refractivity contribution in [2.45, 2.75) is 0 Å². The Bertz CT molecular complexity index is 120. The summed E-state index contributed by atoms with van der Waals surface area (Å²) in [7, 11) is 0. The average Bonchev–Trinajstić information content (AvgIpc) is 1.87. The molecule has 0 saturated carbocycles. The van der Waals surface area contributed by atoms with Gasteiger partial charge in [-0.05, 0) is 0 Å². The number of hydrogen-bond donors (Lipinski definition) is 0. The van der Waals surface area contributed by atoms with Gasteiger partial charge >= 0.3 is 0 Å². The van der Waals surface area contributed by atoms with Crippen molar-refractivity contribution in [3.05, 3.63) is 5.21 Å². The van der Waals surface area contributed by atoms with Crippen molar-refractivity contribution in [1.29, 1.82) is 0 Å². The average molecular weight is 99.1 g/mol. The van der Waals surface area contributed by atoms with E-state index in [0.29, 0.717) is 5.06 Å². The number of hydrogen-bond acceptors (Lipinski definition) is 3. The normalized spacial score (nSPS) is 19.0. The van der Waals surface area contributed by atoms with E-state index in [0.717, 1.165) is 6.34 Å². The largest absolute Gasteiger partial charge is 0.757 e. The van der Waals surface area contributed by atoms with Gasteiger partial charge in [-0.3, -0.25) is 4.79 Å². The van der Waals surface area contributed by atoms with Crippen LogP contribution in [0.5, 0.6) is 0 Å². The second-order valence-electron chi connectivity index (χ2n) is 1.21. The van der Waals surface area contributed by atoms with Gasteiger partial charge in [-0.25, -0.2) is 4.99 Å². The van der Waals surface area contributed by atoms with Crippen molar-refractivity contribution in [2.75, 3.05) is 6.54 Å². The molecule has 0 bridgehead atoms. The van der Waals surface area contributed by atoms with Gasteiger partial charge in [-0.1, -0.05) is 0 Å². The van der Waals surface area contributed by atoms with Crippen molar-refractivity contribution in [3.63, 3.8) is 0 Å². The third-order valence-corrected chi connectivity index (χ3v) is 0.622. The second-order valence-corrected chi connectivity index (χ2v) is 1.21. The highest BCUT2D eigenvalue weighted by molar-refractivity contribution is 5.92. The molecule has 1 rings (SSSR count). The first-order valence-electron chi connectivity index (χ1n) is 1.80. The van der Waals surface area contributed by atoms with Gasteiger partial charge < -0.3 is 10.3 Å². The molecule has 0 spiro atoms. The SMILES string of the molecule is O=C1CN([O-])C=N1. The molecule has 0 aliphatic carbocycles. The topological polar surface area (TPSA) is 55.7 Å². The molecule has 0 aromatic carbocycles. The van der Waals surface area contributed by atoms with Crippen molar-refractivity contribution in [2.24, 2.45) is 4.99 Å². The Balaban J connectivity index is 2.58. The number of nitrogens with zero attached hydrogens (tertiary/aromatic N) is 2. The van der Waals surface area contributed by atoms with Crippen LogP contribution in [0.25, 0.3) is 0 Å². The van der Waals surface area contributed by atoms with Crippen molar-refractivity contribution in [3.8, 4) is 0 Å². The Labute approximate surface area is 40.0 Å². The van der Waals surface area contributed by atoms with Gasteiger partial charge in [-0.15, -0.1) is 0 Å². The molecule has 1 aliphatic rings. The first kappa shape index (κ1) is 4.26. The number of carbonyl (C=O) groups excluding carboxylic acids is 1. The van der Waals surface area contributed by atoms with E-state index in [-0.39, 0.29) is 12.5 Å². The zero-order valence-corrected chi connectivity index (χ0v) is 3.50. The van der Waals surface area contributed by atoms with Gasteiger partial charge in [0.1, 0.15) is 0 Å². The summed E-state index contributed by atoms with van der Waals surface area (Å²) < 4.78 is 0. The van der Waals surface area contributed by atoms with E-state index in [1.165, 1.54) is 0 Å². The summed E-state index contributed by atoms with van der Waals surface area (Å²) in [6.07, 6.45) is 0.975. The molecule has 0 radical (unpaired) electrons. The van der Waals surface area contributed by atoms with Crippen LogP contribution in [0.2, 0.25) is 0 Å². The van der Waals surface area contributed by atoms with E-state index >= 15 is 0 Å². The highest BCUT2D eigenvalue weighted by Gasteiger charge is 2.02. The zero-order valence-electron chi connectivity index (χ0n) is 3.50. The van der Waals surface area contributed by atoms with E-state index in [1.807, 2.05) is 0 Å². The maximum atomic E-state index is 10.0. The predicted octanol–water partition coefficient (Wildman–Crippen LogP) is -0.645. The van der Waals surface area contributed by atoms with Crippen LogP contribution in [-0.2, 0) is 4.79 Å². The molecule has 0 fully saturated rings. The van der Waals surface area contributed by atoms with Crippen LogP contribution in [-0.4, -0.2) is 23.9 Å². The van der Waals surface area contributed by atoms with Crippen LogP contribution >= 0.6 is 0 Å². The molecule has 1 aliphatic heterocycles. The fraction of sp³-hybridized carbons (Fsp3) is 0.333. The summed E-state index contributed by atoms with van der Waals surface area (Å²) in [4.78, 5) is 13.2. The van der Waals surface area contributed by atoms with Crippen LogP contribution in [0.4, 0.5) is 0 Å². The summed E-state index contributed by atoms with van der Waals surface area (Å²) in [6.45, 7) is -0.111. The van der Waals surface area contributed by atoms with Crippen LogP contribution < -0.4 is 0 Å². The van der Waals surface area contributed by atoms with E-state index in [1.54, 1.807) is 0 Å². The van der Waals surface area contributed by atoms with Gasteiger partial charge in [0.05, 0.1) is 12.9 Å². The Hall–Kier alpha value is -0.900. The number of hydroxylamine groups is 2. The van der Waals surface area contributed by atoms with E-state index in [4.69, 9.17) is 0 Å². The number of amides is 1. The molecule has 0 unspecified atom stereocenters. The van der Waals surface area contributed by atoms with Gasteiger partial charge in [-0.2, -0.15) is 0 Å². The monoisotopic (exact) mass is 99.0 g/mol. The summed E-state index contributed by atoms with van der Waals surface area (Å²) in [6, 6.07) is 0. The van der Waals surface area contributed by atoms with Gasteiger partial charge in [0.25, 0.3) is 5.91 Å². The molecule has 4 heteroatoms.